The number of carbonyl (C=O) groups excluding carboxylic acids is 1. The number of amides is 1. The highest BCUT2D eigenvalue weighted by atomic mass is 79.9. The first-order valence-electron chi connectivity index (χ1n) is 7.65. The monoisotopic (exact) mass is 393 g/mol. The van der Waals surface area contributed by atoms with Crippen molar-refractivity contribution in [2.45, 2.75) is 6.10 Å². The summed E-state index contributed by atoms with van der Waals surface area (Å²) in [5.41, 5.74) is 1.04. The molecule has 0 radical (unpaired) electrons. The van der Waals surface area contributed by atoms with Crippen molar-refractivity contribution < 1.29 is 18.7 Å². The molecule has 1 amide bonds. The number of carbonyl (C=O) groups is 1. The van der Waals surface area contributed by atoms with Gasteiger partial charge in [0.15, 0.2) is 18.2 Å². The SMILES string of the molecule is O=C(COc1ccc(Br)cc1F)N1CCOC(c2ccccc2)C1. The molecule has 126 valence electrons. The number of morpholine rings is 1. The lowest BCUT2D eigenvalue weighted by Crippen LogP contribution is -2.44. The van der Waals surface area contributed by atoms with Gasteiger partial charge in [-0.3, -0.25) is 4.79 Å². The number of ether oxygens (including phenoxy) is 2. The Kier molecular flexibility index (Phi) is 5.48. The van der Waals surface area contributed by atoms with Crippen LogP contribution in [0.5, 0.6) is 5.75 Å². The molecule has 3 rings (SSSR count). The normalized spacial score (nSPS) is 17.6. The Bertz CT molecular complexity index is 711. The highest BCUT2D eigenvalue weighted by molar-refractivity contribution is 9.10. The molecule has 1 aliphatic heterocycles. The second-order valence-corrected chi connectivity index (χ2v) is 6.39. The molecule has 0 bridgehead atoms. The van der Waals surface area contributed by atoms with Crippen LogP contribution < -0.4 is 4.74 Å². The van der Waals surface area contributed by atoms with Crippen LogP contribution in [-0.2, 0) is 9.53 Å². The minimum Gasteiger partial charge on any atom is -0.481 e. The number of nitrogens with zero attached hydrogens (tertiary/aromatic N) is 1. The average molecular weight is 394 g/mol. The summed E-state index contributed by atoms with van der Waals surface area (Å²) < 4.78 is 25.4. The van der Waals surface area contributed by atoms with E-state index in [-0.39, 0.29) is 24.4 Å². The van der Waals surface area contributed by atoms with Gasteiger partial charge in [0.25, 0.3) is 5.91 Å². The maximum Gasteiger partial charge on any atom is 0.260 e. The smallest absolute Gasteiger partial charge is 0.260 e. The summed E-state index contributed by atoms with van der Waals surface area (Å²) in [6, 6.07) is 14.3. The summed E-state index contributed by atoms with van der Waals surface area (Å²) in [4.78, 5) is 14.0. The van der Waals surface area contributed by atoms with Crippen molar-refractivity contribution in [3.63, 3.8) is 0 Å². The molecule has 2 aromatic carbocycles. The first-order valence-corrected chi connectivity index (χ1v) is 8.45. The molecule has 0 aromatic heterocycles. The van der Waals surface area contributed by atoms with Crippen molar-refractivity contribution in [2.75, 3.05) is 26.3 Å². The lowest BCUT2D eigenvalue weighted by Gasteiger charge is -2.33. The zero-order chi connectivity index (χ0) is 16.9. The number of halogens is 2. The van der Waals surface area contributed by atoms with Crippen LogP contribution in [0.15, 0.2) is 53.0 Å². The van der Waals surface area contributed by atoms with E-state index in [0.29, 0.717) is 24.2 Å². The Morgan fingerprint density at radius 1 is 1.29 bits per heavy atom. The lowest BCUT2D eigenvalue weighted by molar-refractivity contribution is -0.141. The summed E-state index contributed by atoms with van der Waals surface area (Å²) in [6.07, 6.45) is -0.145. The van der Waals surface area contributed by atoms with Crippen LogP contribution in [0.3, 0.4) is 0 Å². The minimum atomic E-state index is -0.499. The van der Waals surface area contributed by atoms with Gasteiger partial charge in [-0.05, 0) is 23.8 Å². The molecule has 2 aromatic rings. The summed E-state index contributed by atoms with van der Waals surface area (Å²) in [5, 5.41) is 0. The van der Waals surface area contributed by atoms with Crippen LogP contribution in [0.2, 0.25) is 0 Å². The van der Waals surface area contributed by atoms with Crippen LogP contribution >= 0.6 is 15.9 Å². The Labute approximate surface area is 148 Å². The first-order chi connectivity index (χ1) is 11.6. The van der Waals surface area contributed by atoms with Gasteiger partial charge in [-0.15, -0.1) is 0 Å². The highest BCUT2D eigenvalue weighted by Crippen LogP contribution is 2.23. The van der Waals surface area contributed by atoms with Gasteiger partial charge < -0.3 is 14.4 Å². The predicted molar refractivity (Wildman–Crippen MR) is 91.3 cm³/mol. The third kappa shape index (κ3) is 4.13. The molecule has 1 heterocycles. The fourth-order valence-corrected chi connectivity index (χ4v) is 2.90. The van der Waals surface area contributed by atoms with Crippen molar-refractivity contribution in [1.29, 1.82) is 0 Å². The zero-order valence-corrected chi connectivity index (χ0v) is 14.5. The van der Waals surface area contributed by atoms with E-state index in [9.17, 15) is 9.18 Å². The molecule has 6 heteroatoms. The minimum absolute atomic E-state index is 0.0689. The fourth-order valence-electron chi connectivity index (χ4n) is 2.57. The van der Waals surface area contributed by atoms with Gasteiger partial charge in [-0.1, -0.05) is 46.3 Å². The van der Waals surface area contributed by atoms with Crippen LogP contribution in [0, 0.1) is 5.82 Å². The molecule has 1 aliphatic rings. The summed E-state index contributed by atoms with van der Waals surface area (Å²) in [6.45, 7) is 1.25. The Hall–Kier alpha value is -1.92. The first kappa shape index (κ1) is 16.9. The van der Waals surface area contributed by atoms with Gasteiger partial charge in [0.05, 0.1) is 13.2 Å². The third-order valence-electron chi connectivity index (χ3n) is 3.84. The van der Waals surface area contributed by atoms with Gasteiger partial charge >= 0.3 is 0 Å². The van der Waals surface area contributed by atoms with E-state index in [2.05, 4.69) is 15.9 Å². The molecule has 0 saturated carbocycles. The number of benzene rings is 2. The molecule has 0 N–H and O–H groups in total. The highest BCUT2D eigenvalue weighted by Gasteiger charge is 2.25. The van der Waals surface area contributed by atoms with E-state index in [1.807, 2.05) is 30.3 Å². The summed E-state index contributed by atoms with van der Waals surface area (Å²) in [7, 11) is 0. The van der Waals surface area contributed by atoms with Crippen LogP contribution in [-0.4, -0.2) is 37.1 Å². The van der Waals surface area contributed by atoms with Crippen molar-refractivity contribution in [3.8, 4) is 5.75 Å². The molecule has 1 unspecified atom stereocenters. The van der Waals surface area contributed by atoms with Gasteiger partial charge in [-0.25, -0.2) is 4.39 Å². The maximum atomic E-state index is 13.7. The van der Waals surface area contributed by atoms with Crippen molar-refractivity contribution >= 4 is 21.8 Å². The fraction of sp³-hybridized carbons (Fsp3) is 0.278. The van der Waals surface area contributed by atoms with E-state index in [0.717, 1.165) is 5.56 Å². The second kappa shape index (κ2) is 7.77. The van der Waals surface area contributed by atoms with Crippen molar-refractivity contribution in [3.05, 3.63) is 64.4 Å². The van der Waals surface area contributed by atoms with E-state index in [1.165, 1.54) is 12.1 Å². The van der Waals surface area contributed by atoms with Gasteiger partial charge in [0.2, 0.25) is 0 Å². The van der Waals surface area contributed by atoms with E-state index in [4.69, 9.17) is 9.47 Å². The molecule has 4 nitrogen and oxygen atoms in total. The quantitative estimate of drug-likeness (QED) is 0.796. The Morgan fingerprint density at radius 2 is 2.08 bits per heavy atom. The molecule has 0 spiro atoms. The van der Waals surface area contributed by atoms with Crippen molar-refractivity contribution in [2.24, 2.45) is 0 Å². The summed E-state index contributed by atoms with van der Waals surface area (Å²) in [5.74, 6) is -0.609. The van der Waals surface area contributed by atoms with E-state index >= 15 is 0 Å². The number of hydrogen-bond acceptors (Lipinski definition) is 3. The lowest BCUT2D eigenvalue weighted by atomic mass is 10.1. The van der Waals surface area contributed by atoms with Crippen LogP contribution in [0.1, 0.15) is 11.7 Å². The zero-order valence-electron chi connectivity index (χ0n) is 13.0. The van der Waals surface area contributed by atoms with E-state index in [1.54, 1.807) is 11.0 Å². The van der Waals surface area contributed by atoms with Crippen LogP contribution in [0.4, 0.5) is 4.39 Å². The third-order valence-corrected chi connectivity index (χ3v) is 4.33. The molecule has 1 atom stereocenters. The molecule has 1 fully saturated rings. The van der Waals surface area contributed by atoms with Gasteiger partial charge in [0.1, 0.15) is 6.10 Å². The van der Waals surface area contributed by atoms with Gasteiger partial charge in [-0.2, -0.15) is 0 Å². The van der Waals surface area contributed by atoms with Crippen LogP contribution in [0.25, 0.3) is 0 Å². The van der Waals surface area contributed by atoms with Crippen molar-refractivity contribution in [1.82, 2.24) is 4.90 Å². The predicted octanol–water partition coefficient (Wildman–Crippen LogP) is 3.57. The molecule has 0 aliphatic carbocycles. The van der Waals surface area contributed by atoms with E-state index < -0.39 is 5.82 Å². The number of hydrogen-bond donors (Lipinski definition) is 0. The largest absolute Gasteiger partial charge is 0.481 e. The molecule has 1 saturated heterocycles. The second-order valence-electron chi connectivity index (χ2n) is 5.47. The topological polar surface area (TPSA) is 38.8 Å². The molecular formula is C18H17BrFNO3. The Morgan fingerprint density at radius 3 is 2.83 bits per heavy atom. The molecular weight excluding hydrogens is 377 g/mol. The Balaban J connectivity index is 1.58. The standard InChI is InChI=1S/C18H17BrFNO3/c19-14-6-7-16(15(20)10-14)24-12-18(22)21-8-9-23-17(11-21)13-4-2-1-3-5-13/h1-7,10,17H,8-9,11-12H2. The summed E-state index contributed by atoms with van der Waals surface area (Å²) >= 11 is 3.18. The average Bonchev–Trinajstić information content (AvgIpc) is 2.61. The van der Waals surface area contributed by atoms with Gasteiger partial charge in [0, 0.05) is 11.0 Å². The maximum absolute atomic E-state index is 13.7. The number of rotatable bonds is 4. The molecule has 24 heavy (non-hydrogen) atoms.